The standard InChI is InChI=1S/C17H17N5/c1-2-5-14(6-3-1)12-21-10-8-16(21)17-20-19-13-22(17)15-7-4-9-18-11-15/h1-7,9,11,13,16H,8,10,12H2/t16-/m0/s1. The van der Waals surface area contributed by atoms with Crippen LogP contribution in [0.15, 0.2) is 61.2 Å². The number of benzene rings is 1. The minimum absolute atomic E-state index is 0.322. The van der Waals surface area contributed by atoms with E-state index in [4.69, 9.17) is 0 Å². The summed E-state index contributed by atoms with van der Waals surface area (Å²) >= 11 is 0. The molecule has 1 aliphatic rings. The second-order valence-electron chi connectivity index (χ2n) is 5.53. The molecule has 0 radical (unpaired) electrons. The lowest BCUT2D eigenvalue weighted by Gasteiger charge is -2.40. The highest BCUT2D eigenvalue weighted by Crippen LogP contribution is 2.34. The molecule has 3 heterocycles. The van der Waals surface area contributed by atoms with Crippen LogP contribution in [0.25, 0.3) is 5.69 Å². The maximum atomic E-state index is 4.35. The van der Waals surface area contributed by atoms with Crippen LogP contribution in [0.3, 0.4) is 0 Å². The molecule has 0 saturated carbocycles. The largest absolute Gasteiger partial charge is 0.289 e. The SMILES string of the molecule is c1ccc(CN2CC[C@H]2c2nncn2-c2cccnc2)cc1. The molecule has 5 nitrogen and oxygen atoms in total. The van der Waals surface area contributed by atoms with Gasteiger partial charge < -0.3 is 0 Å². The van der Waals surface area contributed by atoms with Crippen LogP contribution in [0.1, 0.15) is 23.9 Å². The zero-order valence-corrected chi connectivity index (χ0v) is 12.2. The number of hydrogen-bond donors (Lipinski definition) is 0. The molecule has 3 aromatic rings. The minimum atomic E-state index is 0.322. The van der Waals surface area contributed by atoms with E-state index in [0.29, 0.717) is 6.04 Å². The van der Waals surface area contributed by atoms with Gasteiger partial charge in [-0.3, -0.25) is 14.5 Å². The molecule has 0 bridgehead atoms. The fourth-order valence-electron chi connectivity index (χ4n) is 2.91. The fraction of sp³-hybridized carbons (Fsp3) is 0.235. The van der Waals surface area contributed by atoms with Crippen molar-refractivity contribution >= 4 is 0 Å². The van der Waals surface area contributed by atoms with Crippen LogP contribution < -0.4 is 0 Å². The van der Waals surface area contributed by atoms with Gasteiger partial charge in [0, 0.05) is 19.3 Å². The van der Waals surface area contributed by atoms with Crippen molar-refractivity contribution in [2.24, 2.45) is 0 Å². The quantitative estimate of drug-likeness (QED) is 0.741. The molecule has 4 rings (SSSR count). The Morgan fingerprint density at radius 3 is 2.73 bits per heavy atom. The first-order valence-corrected chi connectivity index (χ1v) is 7.50. The van der Waals surface area contributed by atoms with Crippen molar-refractivity contribution in [3.63, 3.8) is 0 Å². The summed E-state index contributed by atoms with van der Waals surface area (Å²) in [5, 5.41) is 8.45. The van der Waals surface area contributed by atoms with Crippen molar-refractivity contribution in [1.29, 1.82) is 0 Å². The number of nitrogens with zero attached hydrogens (tertiary/aromatic N) is 5. The van der Waals surface area contributed by atoms with Crippen molar-refractivity contribution in [2.75, 3.05) is 6.54 Å². The number of pyridine rings is 1. The van der Waals surface area contributed by atoms with E-state index in [1.807, 2.05) is 22.9 Å². The Balaban J connectivity index is 1.57. The van der Waals surface area contributed by atoms with Gasteiger partial charge in [0.2, 0.25) is 0 Å². The highest BCUT2D eigenvalue weighted by Gasteiger charge is 2.33. The third-order valence-electron chi connectivity index (χ3n) is 4.16. The Morgan fingerprint density at radius 1 is 1.09 bits per heavy atom. The first-order valence-electron chi connectivity index (χ1n) is 7.50. The highest BCUT2D eigenvalue weighted by atomic mass is 15.3. The highest BCUT2D eigenvalue weighted by molar-refractivity contribution is 5.29. The summed E-state index contributed by atoms with van der Waals surface area (Å²) in [5.41, 5.74) is 2.34. The predicted molar refractivity (Wildman–Crippen MR) is 83.4 cm³/mol. The van der Waals surface area contributed by atoms with Gasteiger partial charge in [0.1, 0.15) is 6.33 Å². The molecule has 0 aliphatic carbocycles. The zero-order chi connectivity index (χ0) is 14.8. The maximum absolute atomic E-state index is 4.35. The van der Waals surface area contributed by atoms with Crippen molar-refractivity contribution in [3.05, 3.63) is 72.6 Å². The van der Waals surface area contributed by atoms with Gasteiger partial charge >= 0.3 is 0 Å². The van der Waals surface area contributed by atoms with Gasteiger partial charge in [-0.25, -0.2) is 0 Å². The Labute approximate surface area is 129 Å². The first kappa shape index (κ1) is 13.2. The summed E-state index contributed by atoms with van der Waals surface area (Å²) in [7, 11) is 0. The third kappa shape index (κ3) is 2.40. The molecule has 1 atom stereocenters. The molecule has 22 heavy (non-hydrogen) atoms. The summed E-state index contributed by atoms with van der Waals surface area (Å²) in [4.78, 5) is 6.62. The van der Waals surface area contributed by atoms with Crippen LogP contribution >= 0.6 is 0 Å². The molecule has 0 N–H and O–H groups in total. The van der Waals surface area contributed by atoms with Crippen molar-refractivity contribution in [2.45, 2.75) is 19.0 Å². The second kappa shape index (κ2) is 5.69. The molecular weight excluding hydrogens is 274 g/mol. The van der Waals surface area contributed by atoms with Crippen molar-refractivity contribution in [1.82, 2.24) is 24.6 Å². The minimum Gasteiger partial charge on any atom is -0.289 e. The van der Waals surface area contributed by atoms with Gasteiger partial charge in [-0.2, -0.15) is 0 Å². The molecule has 110 valence electrons. The van der Waals surface area contributed by atoms with E-state index in [1.165, 1.54) is 5.56 Å². The van der Waals surface area contributed by atoms with Gasteiger partial charge in [0.25, 0.3) is 0 Å². The normalized spacial score (nSPS) is 18.1. The average Bonchev–Trinajstić information content (AvgIpc) is 3.02. The molecule has 1 fully saturated rings. The predicted octanol–water partition coefficient (Wildman–Crippen LogP) is 2.61. The molecule has 1 aromatic carbocycles. The fourth-order valence-corrected chi connectivity index (χ4v) is 2.91. The molecule has 2 aromatic heterocycles. The van der Waals surface area contributed by atoms with E-state index in [-0.39, 0.29) is 0 Å². The van der Waals surface area contributed by atoms with Gasteiger partial charge in [-0.05, 0) is 24.1 Å². The van der Waals surface area contributed by atoms with E-state index >= 15 is 0 Å². The van der Waals surface area contributed by atoms with Crippen LogP contribution in [-0.4, -0.2) is 31.2 Å². The lowest BCUT2D eigenvalue weighted by molar-refractivity contribution is 0.0739. The van der Waals surface area contributed by atoms with Gasteiger partial charge in [0.15, 0.2) is 5.82 Å². The molecular formula is C17H17N5. The lowest BCUT2D eigenvalue weighted by Crippen LogP contribution is -2.41. The summed E-state index contributed by atoms with van der Waals surface area (Å²) in [6.45, 7) is 2.05. The molecule has 1 saturated heterocycles. The molecule has 0 amide bonds. The second-order valence-corrected chi connectivity index (χ2v) is 5.53. The Kier molecular flexibility index (Phi) is 3.40. The summed E-state index contributed by atoms with van der Waals surface area (Å²) in [6.07, 6.45) is 6.50. The number of rotatable bonds is 4. The molecule has 1 aliphatic heterocycles. The average molecular weight is 291 g/mol. The van der Waals surface area contributed by atoms with Crippen molar-refractivity contribution < 1.29 is 0 Å². The molecule has 0 spiro atoms. The topological polar surface area (TPSA) is 46.8 Å². The monoisotopic (exact) mass is 291 g/mol. The van der Waals surface area contributed by atoms with E-state index in [1.54, 1.807) is 12.5 Å². The van der Waals surface area contributed by atoms with Crippen LogP contribution in [0, 0.1) is 0 Å². The molecule has 5 heteroatoms. The third-order valence-corrected chi connectivity index (χ3v) is 4.16. The summed E-state index contributed by atoms with van der Waals surface area (Å²) in [5.74, 6) is 0.996. The number of likely N-dealkylation sites (tertiary alicyclic amines) is 1. The van der Waals surface area contributed by atoms with E-state index in [9.17, 15) is 0 Å². The zero-order valence-electron chi connectivity index (χ0n) is 12.2. The van der Waals surface area contributed by atoms with Gasteiger partial charge in [-0.1, -0.05) is 30.3 Å². The summed E-state index contributed by atoms with van der Waals surface area (Å²) in [6, 6.07) is 14.8. The van der Waals surface area contributed by atoms with Crippen LogP contribution in [0.5, 0.6) is 0 Å². The van der Waals surface area contributed by atoms with E-state index in [0.717, 1.165) is 31.0 Å². The Morgan fingerprint density at radius 2 is 2.00 bits per heavy atom. The maximum Gasteiger partial charge on any atom is 0.154 e. The van der Waals surface area contributed by atoms with Gasteiger partial charge in [0.05, 0.1) is 17.9 Å². The summed E-state index contributed by atoms with van der Waals surface area (Å²) < 4.78 is 2.04. The van der Waals surface area contributed by atoms with E-state index in [2.05, 4.69) is 50.4 Å². The van der Waals surface area contributed by atoms with Crippen LogP contribution in [0.4, 0.5) is 0 Å². The van der Waals surface area contributed by atoms with Gasteiger partial charge in [-0.15, -0.1) is 10.2 Å². The number of aromatic nitrogens is 4. The first-order chi connectivity index (χ1) is 10.9. The smallest absolute Gasteiger partial charge is 0.154 e. The number of hydrogen-bond acceptors (Lipinski definition) is 4. The Bertz CT molecular complexity index is 738. The van der Waals surface area contributed by atoms with Crippen molar-refractivity contribution in [3.8, 4) is 5.69 Å². The Hall–Kier alpha value is -2.53. The van der Waals surface area contributed by atoms with E-state index < -0.39 is 0 Å². The van der Waals surface area contributed by atoms with Crippen LogP contribution in [-0.2, 0) is 6.54 Å². The lowest BCUT2D eigenvalue weighted by atomic mass is 10.0. The van der Waals surface area contributed by atoms with Crippen LogP contribution in [0.2, 0.25) is 0 Å². The molecule has 0 unspecified atom stereocenters.